The van der Waals surface area contributed by atoms with Gasteiger partial charge in [0.05, 0.1) is 18.4 Å². The van der Waals surface area contributed by atoms with Gasteiger partial charge in [-0.25, -0.2) is 0 Å². The smallest absolute Gasteiger partial charge is 0.253 e. The zero-order valence-corrected chi connectivity index (χ0v) is 12.3. The monoisotopic (exact) mass is 299 g/mol. The molecule has 2 aromatic rings. The van der Waals surface area contributed by atoms with Crippen molar-refractivity contribution in [2.75, 3.05) is 18.4 Å². The molecule has 114 valence electrons. The summed E-state index contributed by atoms with van der Waals surface area (Å²) >= 11 is 0. The molecule has 1 aromatic carbocycles. The van der Waals surface area contributed by atoms with Crippen LogP contribution in [0.25, 0.3) is 0 Å². The number of nitrogens with zero attached hydrogens (tertiary/aromatic N) is 4. The predicted octanol–water partition coefficient (Wildman–Crippen LogP) is 1.32. The summed E-state index contributed by atoms with van der Waals surface area (Å²) in [5, 5.41) is 10.9. The number of hydrogen-bond donors (Lipinski definition) is 1. The quantitative estimate of drug-likeness (QED) is 0.927. The maximum absolute atomic E-state index is 12.5. The molecule has 1 aliphatic rings. The lowest BCUT2D eigenvalue weighted by Crippen LogP contribution is -2.29. The number of hydrogen-bond acceptors (Lipinski definition) is 4. The topological polar surface area (TPSA) is 80.1 Å². The third-order valence-electron chi connectivity index (χ3n) is 3.67. The minimum Gasteiger partial charge on any atom is -0.336 e. The first kappa shape index (κ1) is 14.2. The number of carbonyl (C=O) groups excluding carboxylic acids is 2. The van der Waals surface area contributed by atoms with Crippen LogP contribution in [-0.4, -0.2) is 44.8 Å². The Bertz CT molecular complexity index is 666. The van der Waals surface area contributed by atoms with Crippen LogP contribution in [0, 0.1) is 0 Å². The van der Waals surface area contributed by atoms with Gasteiger partial charge < -0.3 is 10.2 Å². The molecule has 0 saturated carbocycles. The van der Waals surface area contributed by atoms with Crippen LogP contribution in [0.5, 0.6) is 0 Å². The van der Waals surface area contributed by atoms with Crippen LogP contribution in [0.15, 0.2) is 36.7 Å². The van der Waals surface area contributed by atoms with Crippen molar-refractivity contribution in [2.45, 2.75) is 19.4 Å². The Balaban J connectivity index is 1.65. The van der Waals surface area contributed by atoms with E-state index in [-0.39, 0.29) is 17.9 Å². The van der Waals surface area contributed by atoms with Crippen LogP contribution in [0.4, 0.5) is 5.69 Å². The van der Waals surface area contributed by atoms with Gasteiger partial charge in [0.1, 0.15) is 0 Å². The first-order chi connectivity index (χ1) is 10.6. The minimum absolute atomic E-state index is 0.0102. The van der Waals surface area contributed by atoms with Crippen LogP contribution in [0.1, 0.15) is 29.7 Å². The Morgan fingerprint density at radius 2 is 1.86 bits per heavy atom. The maximum atomic E-state index is 12.5. The van der Waals surface area contributed by atoms with Gasteiger partial charge in [0.2, 0.25) is 5.91 Å². The molecule has 22 heavy (non-hydrogen) atoms. The molecule has 1 aromatic heterocycles. The molecule has 2 heterocycles. The van der Waals surface area contributed by atoms with Gasteiger partial charge in [-0.2, -0.15) is 15.0 Å². The summed E-state index contributed by atoms with van der Waals surface area (Å²) in [5.41, 5.74) is 1.30. The second-order valence-corrected chi connectivity index (χ2v) is 5.30. The number of anilines is 1. The van der Waals surface area contributed by atoms with Crippen LogP contribution in [-0.2, 0) is 4.79 Å². The van der Waals surface area contributed by atoms with E-state index in [1.807, 2.05) is 0 Å². The molecule has 2 amide bonds. The van der Waals surface area contributed by atoms with Gasteiger partial charge >= 0.3 is 0 Å². The fourth-order valence-electron chi connectivity index (χ4n) is 2.61. The van der Waals surface area contributed by atoms with Crippen molar-refractivity contribution in [3.05, 3.63) is 42.2 Å². The number of likely N-dealkylation sites (tertiary alicyclic amines) is 1. The molecular formula is C15H17N5O2. The van der Waals surface area contributed by atoms with E-state index in [1.165, 1.54) is 6.92 Å². The summed E-state index contributed by atoms with van der Waals surface area (Å²) in [7, 11) is 0. The van der Waals surface area contributed by atoms with Crippen molar-refractivity contribution < 1.29 is 9.59 Å². The first-order valence-corrected chi connectivity index (χ1v) is 7.16. The third-order valence-corrected chi connectivity index (χ3v) is 3.67. The fraction of sp³-hybridized carbons (Fsp3) is 0.333. The number of nitrogens with one attached hydrogen (secondary N) is 1. The van der Waals surface area contributed by atoms with Crippen molar-refractivity contribution in [3.8, 4) is 0 Å². The summed E-state index contributed by atoms with van der Waals surface area (Å²) in [6.07, 6.45) is 4.14. The molecule has 0 spiro atoms. The van der Waals surface area contributed by atoms with Gasteiger partial charge in [-0.1, -0.05) is 0 Å². The molecule has 1 saturated heterocycles. The second kappa shape index (κ2) is 5.97. The summed E-state index contributed by atoms with van der Waals surface area (Å²) in [6.45, 7) is 2.76. The average molecular weight is 299 g/mol. The second-order valence-electron chi connectivity index (χ2n) is 5.30. The highest BCUT2D eigenvalue weighted by Crippen LogP contribution is 2.22. The SMILES string of the molecule is CC(=O)Nc1ccc(C(=O)N2CC[C@@H](n3nccn3)C2)cc1. The van der Waals surface area contributed by atoms with E-state index in [0.29, 0.717) is 24.3 Å². The largest absolute Gasteiger partial charge is 0.336 e. The average Bonchev–Trinajstić information content (AvgIpc) is 3.18. The number of benzene rings is 1. The Kier molecular flexibility index (Phi) is 3.86. The molecule has 3 rings (SSSR count). The normalized spacial score (nSPS) is 17.5. The molecule has 0 radical (unpaired) electrons. The zero-order chi connectivity index (χ0) is 15.5. The summed E-state index contributed by atoms with van der Waals surface area (Å²) in [6, 6.07) is 7.06. The van der Waals surface area contributed by atoms with Crippen molar-refractivity contribution in [2.24, 2.45) is 0 Å². The highest BCUT2D eigenvalue weighted by molar-refractivity contribution is 5.95. The van der Waals surface area contributed by atoms with Crippen LogP contribution in [0.2, 0.25) is 0 Å². The van der Waals surface area contributed by atoms with Crippen molar-refractivity contribution in [3.63, 3.8) is 0 Å². The van der Waals surface area contributed by atoms with Gasteiger partial charge in [-0.15, -0.1) is 0 Å². The lowest BCUT2D eigenvalue weighted by atomic mass is 10.2. The molecule has 0 unspecified atom stereocenters. The Morgan fingerprint density at radius 3 is 2.50 bits per heavy atom. The predicted molar refractivity (Wildman–Crippen MR) is 80.3 cm³/mol. The lowest BCUT2D eigenvalue weighted by molar-refractivity contribution is -0.114. The van der Waals surface area contributed by atoms with Crippen molar-refractivity contribution in [1.29, 1.82) is 0 Å². The van der Waals surface area contributed by atoms with E-state index >= 15 is 0 Å². The van der Waals surface area contributed by atoms with Gasteiger partial charge in [0.25, 0.3) is 5.91 Å². The maximum Gasteiger partial charge on any atom is 0.253 e. The van der Waals surface area contributed by atoms with Crippen LogP contribution < -0.4 is 5.32 Å². The highest BCUT2D eigenvalue weighted by Gasteiger charge is 2.28. The molecule has 1 fully saturated rings. The molecule has 1 atom stereocenters. The highest BCUT2D eigenvalue weighted by atomic mass is 16.2. The van der Waals surface area contributed by atoms with Crippen LogP contribution in [0.3, 0.4) is 0 Å². The summed E-state index contributed by atoms with van der Waals surface area (Å²) in [5.74, 6) is -0.141. The first-order valence-electron chi connectivity index (χ1n) is 7.16. The molecule has 0 aliphatic carbocycles. The summed E-state index contributed by atoms with van der Waals surface area (Å²) in [4.78, 5) is 26.9. The molecule has 7 heteroatoms. The van der Waals surface area contributed by atoms with Gasteiger partial charge in [-0.3, -0.25) is 9.59 Å². The molecule has 1 aliphatic heterocycles. The molecular weight excluding hydrogens is 282 g/mol. The standard InChI is InChI=1S/C15H17N5O2/c1-11(21)18-13-4-2-12(3-5-13)15(22)19-9-6-14(10-19)20-16-7-8-17-20/h2-5,7-8,14H,6,9-10H2,1H3,(H,18,21)/t14-/m1/s1. The van der Waals surface area contributed by atoms with E-state index in [0.717, 1.165) is 6.42 Å². The van der Waals surface area contributed by atoms with Crippen LogP contribution >= 0.6 is 0 Å². The number of carbonyl (C=O) groups is 2. The number of rotatable bonds is 3. The van der Waals surface area contributed by atoms with Gasteiger partial charge in [0.15, 0.2) is 0 Å². The lowest BCUT2D eigenvalue weighted by Gasteiger charge is -2.16. The van der Waals surface area contributed by atoms with E-state index in [2.05, 4.69) is 15.5 Å². The fourth-order valence-corrected chi connectivity index (χ4v) is 2.61. The van der Waals surface area contributed by atoms with Crippen molar-refractivity contribution in [1.82, 2.24) is 19.9 Å². The van der Waals surface area contributed by atoms with E-state index in [1.54, 1.807) is 46.4 Å². The van der Waals surface area contributed by atoms with E-state index < -0.39 is 0 Å². The minimum atomic E-state index is -0.131. The number of amides is 2. The molecule has 0 bridgehead atoms. The van der Waals surface area contributed by atoms with Crippen molar-refractivity contribution >= 4 is 17.5 Å². The molecule has 1 N–H and O–H groups in total. The Morgan fingerprint density at radius 1 is 1.18 bits per heavy atom. The van der Waals surface area contributed by atoms with E-state index in [4.69, 9.17) is 0 Å². The summed E-state index contributed by atoms with van der Waals surface area (Å²) < 4.78 is 0. The Labute approximate surface area is 127 Å². The van der Waals surface area contributed by atoms with E-state index in [9.17, 15) is 9.59 Å². The Hall–Kier alpha value is -2.70. The van der Waals surface area contributed by atoms with Gasteiger partial charge in [-0.05, 0) is 30.7 Å². The number of aromatic nitrogens is 3. The molecule has 7 nitrogen and oxygen atoms in total. The van der Waals surface area contributed by atoms with Gasteiger partial charge in [0, 0.05) is 31.3 Å². The zero-order valence-electron chi connectivity index (χ0n) is 12.3. The third kappa shape index (κ3) is 2.98.